The van der Waals surface area contributed by atoms with Gasteiger partial charge in [-0.15, -0.1) is 0 Å². The number of pyridine rings is 1. The summed E-state index contributed by atoms with van der Waals surface area (Å²) in [7, 11) is 2.58. The normalized spacial score (nSPS) is 30.3. The highest BCUT2D eigenvalue weighted by Gasteiger charge is 2.43. The number of rotatable bonds is 2. The monoisotopic (exact) mass is 297 g/mol. The van der Waals surface area contributed by atoms with Gasteiger partial charge in [0.1, 0.15) is 13.0 Å². The van der Waals surface area contributed by atoms with Crippen molar-refractivity contribution in [2.45, 2.75) is 62.7 Å². The van der Waals surface area contributed by atoms with Crippen LogP contribution in [0.3, 0.4) is 0 Å². The zero-order valence-electron chi connectivity index (χ0n) is 12.9. The van der Waals surface area contributed by atoms with E-state index >= 15 is 0 Å². The number of primary amides is 1. The third-order valence-electron chi connectivity index (χ3n) is 5.68. The van der Waals surface area contributed by atoms with Crippen LogP contribution >= 0.6 is 0 Å². The summed E-state index contributed by atoms with van der Waals surface area (Å²) in [4.78, 5) is 16.2. The average molecular weight is 297 g/mol. The standard InChI is InChI=1S/C17H22BN2O2/c19-16(21)14-9-13(12-5-8-22-10-15(12)20-14)17-6-1-3-11(18-17)4-2-7-17/h9,11H,1-8,10H2,(H2,19,21). The second-order valence-electron chi connectivity index (χ2n) is 7.01. The number of hydrogen-bond donors (Lipinski definition) is 1. The van der Waals surface area contributed by atoms with Crippen LogP contribution in [0.15, 0.2) is 6.07 Å². The molecule has 5 heteroatoms. The SMILES string of the molecule is NC(=O)c1cc(C23[B]C(CCC2)CCC3)c2c(n1)COCC2. The van der Waals surface area contributed by atoms with Crippen molar-refractivity contribution >= 4 is 13.2 Å². The summed E-state index contributed by atoms with van der Waals surface area (Å²) in [5.41, 5.74) is 9.47. The van der Waals surface area contributed by atoms with E-state index in [1.165, 1.54) is 49.7 Å². The Morgan fingerprint density at radius 2 is 2.14 bits per heavy atom. The van der Waals surface area contributed by atoms with E-state index in [0.717, 1.165) is 24.5 Å². The first-order valence-electron chi connectivity index (χ1n) is 8.45. The number of amides is 1. The number of carbonyl (C=O) groups excluding carboxylic acids is 1. The van der Waals surface area contributed by atoms with Crippen LogP contribution in [0.2, 0.25) is 5.82 Å². The van der Waals surface area contributed by atoms with Gasteiger partial charge in [0.05, 0.1) is 18.9 Å². The molecule has 1 aromatic heterocycles. The van der Waals surface area contributed by atoms with Gasteiger partial charge in [-0.25, -0.2) is 4.98 Å². The van der Waals surface area contributed by atoms with Crippen LogP contribution in [0.5, 0.6) is 0 Å². The Morgan fingerprint density at radius 3 is 2.86 bits per heavy atom. The van der Waals surface area contributed by atoms with E-state index in [1.54, 1.807) is 0 Å². The molecular formula is C17H22BN2O2. The van der Waals surface area contributed by atoms with E-state index in [4.69, 9.17) is 10.5 Å². The molecule has 0 atom stereocenters. The summed E-state index contributed by atoms with van der Waals surface area (Å²) in [5.74, 6) is 0.303. The van der Waals surface area contributed by atoms with Crippen molar-refractivity contribution in [2.24, 2.45) is 5.73 Å². The Kier molecular flexibility index (Phi) is 3.48. The molecule has 2 bridgehead atoms. The molecule has 2 saturated heterocycles. The lowest BCUT2D eigenvalue weighted by Crippen LogP contribution is -2.43. The molecule has 1 amide bonds. The average Bonchev–Trinajstić information content (AvgIpc) is 2.54. The van der Waals surface area contributed by atoms with Crippen LogP contribution < -0.4 is 5.73 Å². The van der Waals surface area contributed by atoms with Gasteiger partial charge < -0.3 is 10.5 Å². The van der Waals surface area contributed by atoms with Gasteiger partial charge >= 0.3 is 0 Å². The summed E-state index contributed by atoms with van der Waals surface area (Å²) >= 11 is 0. The van der Waals surface area contributed by atoms with Crippen LogP contribution in [0.25, 0.3) is 0 Å². The van der Waals surface area contributed by atoms with E-state index in [0.29, 0.717) is 12.3 Å². The molecule has 0 aliphatic carbocycles. The first-order chi connectivity index (χ1) is 10.7. The fraction of sp³-hybridized carbons (Fsp3) is 0.647. The summed E-state index contributed by atoms with van der Waals surface area (Å²) in [6.45, 7) is 1.25. The summed E-state index contributed by atoms with van der Waals surface area (Å²) in [5, 5.41) is 0.135. The quantitative estimate of drug-likeness (QED) is 0.852. The largest absolute Gasteiger partial charge is 0.375 e. The van der Waals surface area contributed by atoms with Crippen LogP contribution in [-0.2, 0) is 23.1 Å². The second-order valence-corrected chi connectivity index (χ2v) is 7.01. The predicted octanol–water partition coefficient (Wildman–Crippen LogP) is 2.31. The molecule has 2 fully saturated rings. The molecule has 0 unspecified atom stereocenters. The Balaban J connectivity index is 1.85. The van der Waals surface area contributed by atoms with Gasteiger partial charge in [0.25, 0.3) is 5.91 Å². The molecule has 3 aliphatic rings. The number of fused-ring (bicyclic) bond motifs is 3. The van der Waals surface area contributed by atoms with E-state index in [-0.39, 0.29) is 5.31 Å². The van der Waals surface area contributed by atoms with Crippen molar-refractivity contribution in [1.82, 2.24) is 4.98 Å². The first kappa shape index (κ1) is 14.3. The minimum absolute atomic E-state index is 0.135. The fourth-order valence-corrected chi connectivity index (χ4v) is 4.71. The van der Waals surface area contributed by atoms with Gasteiger partial charge in [0.15, 0.2) is 0 Å². The summed E-state index contributed by atoms with van der Waals surface area (Å²) < 4.78 is 5.55. The molecule has 0 saturated carbocycles. The third kappa shape index (κ3) is 2.26. The molecule has 4 nitrogen and oxygen atoms in total. The summed E-state index contributed by atoms with van der Waals surface area (Å²) in [6, 6.07) is 1.98. The molecule has 1 radical (unpaired) electrons. The maximum atomic E-state index is 11.7. The van der Waals surface area contributed by atoms with Gasteiger partial charge in [-0.2, -0.15) is 0 Å². The predicted molar refractivity (Wildman–Crippen MR) is 85.0 cm³/mol. The number of aromatic nitrogens is 1. The van der Waals surface area contributed by atoms with E-state index in [1.807, 2.05) is 6.07 Å². The highest BCUT2D eigenvalue weighted by molar-refractivity contribution is 6.43. The Labute approximate surface area is 132 Å². The van der Waals surface area contributed by atoms with E-state index < -0.39 is 5.91 Å². The van der Waals surface area contributed by atoms with Gasteiger partial charge in [-0.1, -0.05) is 44.3 Å². The zero-order valence-corrected chi connectivity index (χ0v) is 12.9. The molecule has 3 aliphatic heterocycles. The smallest absolute Gasteiger partial charge is 0.267 e. The first-order valence-corrected chi connectivity index (χ1v) is 8.45. The molecule has 4 rings (SSSR count). The van der Waals surface area contributed by atoms with Gasteiger partial charge in [-0.05, 0) is 28.9 Å². The molecule has 4 heterocycles. The lowest BCUT2D eigenvalue weighted by molar-refractivity contribution is 0.0983. The van der Waals surface area contributed by atoms with E-state index in [9.17, 15) is 4.79 Å². The van der Waals surface area contributed by atoms with Crippen LogP contribution in [0, 0.1) is 0 Å². The number of nitrogens with two attached hydrogens (primary N) is 1. The Hall–Kier alpha value is -1.36. The third-order valence-corrected chi connectivity index (χ3v) is 5.68. The van der Waals surface area contributed by atoms with Crippen molar-refractivity contribution in [3.63, 3.8) is 0 Å². The maximum Gasteiger partial charge on any atom is 0.267 e. The number of nitrogens with zero attached hydrogens (tertiary/aromatic N) is 1. The molecule has 22 heavy (non-hydrogen) atoms. The van der Waals surface area contributed by atoms with Crippen molar-refractivity contribution in [1.29, 1.82) is 0 Å². The summed E-state index contributed by atoms with van der Waals surface area (Å²) in [6.07, 6.45) is 8.48. The van der Waals surface area contributed by atoms with Gasteiger partial charge in [0, 0.05) is 0 Å². The van der Waals surface area contributed by atoms with Crippen molar-refractivity contribution in [3.05, 3.63) is 28.6 Å². The molecule has 0 aromatic carbocycles. The Bertz CT molecular complexity index is 607. The van der Waals surface area contributed by atoms with Gasteiger partial charge in [-0.3, -0.25) is 4.79 Å². The van der Waals surface area contributed by atoms with Crippen LogP contribution in [-0.4, -0.2) is 24.8 Å². The number of ether oxygens (including phenoxy) is 1. The molecule has 115 valence electrons. The molecule has 0 spiro atoms. The number of hydrogen-bond acceptors (Lipinski definition) is 3. The topological polar surface area (TPSA) is 65.2 Å². The van der Waals surface area contributed by atoms with Crippen LogP contribution in [0.1, 0.15) is 65.8 Å². The highest BCUT2D eigenvalue weighted by atomic mass is 16.5. The zero-order chi connectivity index (χ0) is 15.2. The highest BCUT2D eigenvalue weighted by Crippen LogP contribution is 2.49. The second kappa shape index (κ2) is 5.37. The van der Waals surface area contributed by atoms with Gasteiger partial charge in [0.2, 0.25) is 0 Å². The minimum atomic E-state index is -0.436. The number of carbonyl (C=O) groups is 1. The van der Waals surface area contributed by atoms with E-state index in [2.05, 4.69) is 12.3 Å². The molecule has 1 aromatic rings. The minimum Gasteiger partial charge on any atom is -0.375 e. The van der Waals surface area contributed by atoms with Crippen molar-refractivity contribution < 1.29 is 9.53 Å². The van der Waals surface area contributed by atoms with Crippen molar-refractivity contribution in [2.75, 3.05) is 6.61 Å². The molecule has 2 N–H and O–H groups in total. The Morgan fingerprint density at radius 1 is 1.36 bits per heavy atom. The lowest BCUT2D eigenvalue weighted by atomic mass is 9.34. The van der Waals surface area contributed by atoms with Crippen LogP contribution in [0.4, 0.5) is 0 Å². The molecular weight excluding hydrogens is 275 g/mol. The maximum absolute atomic E-state index is 11.7. The fourth-order valence-electron chi connectivity index (χ4n) is 4.71. The van der Waals surface area contributed by atoms with Crippen molar-refractivity contribution in [3.8, 4) is 0 Å². The lowest BCUT2D eigenvalue weighted by Gasteiger charge is -2.46.